The molecule has 0 saturated heterocycles. The number of aromatic nitrogens is 6. The SMILES string of the molecule is CCCn1c(=O)c2sc(C(C)(C)C)cc2n2c(Sc3c([N+](=O)[O-])ncn3C)nnc12. The Morgan fingerprint density at radius 3 is 2.67 bits per heavy atom. The van der Waals surface area contributed by atoms with E-state index in [1.165, 1.54) is 17.7 Å². The van der Waals surface area contributed by atoms with Crippen LogP contribution in [0.25, 0.3) is 16.0 Å². The standard InChI is InChI=1S/C18H21N7O3S2/c1-6-7-23-14(26)12-10(8-11(29-12)18(2,3)4)24-16(23)20-21-17(24)30-15-13(25(27)28)19-9-22(15)5/h8-9H,6-7H2,1-5H3. The number of aryl methyl sites for hydroxylation is 2. The van der Waals surface area contributed by atoms with Crippen LogP contribution in [-0.2, 0) is 19.0 Å². The largest absolute Gasteiger partial charge is 0.396 e. The molecule has 158 valence electrons. The van der Waals surface area contributed by atoms with E-state index in [0.29, 0.717) is 27.2 Å². The van der Waals surface area contributed by atoms with Crippen LogP contribution in [0, 0.1) is 10.1 Å². The summed E-state index contributed by atoms with van der Waals surface area (Å²) in [6.45, 7) is 8.80. The highest BCUT2D eigenvalue weighted by molar-refractivity contribution is 7.99. The fourth-order valence-corrected chi connectivity index (χ4v) is 5.24. The third-order valence-corrected chi connectivity index (χ3v) is 7.31. The summed E-state index contributed by atoms with van der Waals surface area (Å²) in [6.07, 6.45) is 2.16. The van der Waals surface area contributed by atoms with E-state index >= 15 is 0 Å². The van der Waals surface area contributed by atoms with Crippen LogP contribution < -0.4 is 5.56 Å². The minimum atomic E-state index is -0.517. The first-order valence-corrected chi connectivity index (χ1v) is 11.0. The molecule has 0 fully saturated rings. The normalized spacial score (nSPS) is 12.3. The first-order chi connectivity index (χ1) is 14.1. The van der Waals surface area contributed by atoms with Gasteiger partial charge in [0.25, 0.3) is 5.56 Å². The average molecular weight is 448 g/mol. The number of fused-ring (bicyclic) bond motifs is 3. The van der Waals surface area contributed by atoms with Crippen molar-refractivity contribution in [3.63, 3.8) is 0 Å². The van der Waals surface area contributed by atoms with Gasteiger partial charge in [0, 0.05) is 18.5 Å². The molecule has 0 atom stereocenters. The van der Waals surface area contributed by atoms with Crippen LogP contribution in [0.15, 0.2) is 27.4 Å². The molecule has 12 heteroatoms. The van der Waals surface area contributed by atoms with Gasteiger partial charge >= 0.3 is 5.82 Å². The van der Waals surface area contributed by atoms with Crippen LogP contribution in [0.2, 0.25) is 0 Å². The van der Waals surface area contributed by atoms with E-state index in [-0.39, 0.29) is 16.8 Å². The van der Waals surface area contributed by atoms with Gasteiger partial charge in [0.1, 0.15) is 4.70 Å². The van der Waals surface area contributed by atoms with Gasteiger partial charge in [-0.25, -0.2) is 0 Å². The van der Waals surface area contributed by atoms with Crippen molar-refractivity contribution in [2.75, 3.05) is 0 Å². The van der Waals surface area contributed by atoms with Gasteiger partial charge in [-0.15, -0.1) is 21.5 Å². The fraction of sp³-hybridized carbons (Fsp3) is 0.444. The van der Waals surface area contributed by atoms with Gasteiger partial charge in [-0.3, -0.25) is 13.8 Å². The van der Waals surface area contributed by atoms with Crippen LogP contribution in [-0.4, -0.2) is 33.6 Å². The summed E-state index contributed by atoms with van der Waals surface area (Å²) in [5.41, 5.74) is 0.505. The minimum absolute atomic E-state index is 0.0877. The summed E-state index contributed by atoms with van der Waals surface area (Å²) in [4.78, 5) is 29.0. The summed E-state index contributed by atoms with van der Waals surface area (Å²) in [5.74, 6) is 0.193. The highest BCUT2D eigenvalue weighted by Crippen LogP contribution is 2.37. The monoisotopic (exact) mass is 447 g/mol. The van der Waals surface area contributed by atoms with Crippen LogP contribution in [0.3, 0.4) is 0 Å². The lowest BCUT2D eigenvalue weighted by molar-refractivity contribution is -0.392. The number of rotatable bonds is 5. The van der Waals surface area contributed by atoms with Gasteiger partial charge in [0.15, 0.2) is 5.03 Å². The van der Waals surface area contributed by atoms with E-state index in [1.807, 2.05) is 17.4 Å². The molecule has 0 radical (unpaired) electrons. The third kappa shape index (κ3) is 3.19. The van der Waals surface area contributed by atoms with Crippen molar-refractivity contribution in [1.29, 1.82) is 0 Å². The van der Waals surface area contributed by atoms with Crippen molar-refractivity contribution in [2.24, 2.45) is 7.05 Å². The van der Waals surface area contributed by atoms with E-state index in [9.17, 15) is 14.9 Å². The van der Waals surface area contributed by atoms with Crippen molar-refractivity contribution in [3.8, 4) is 0 Å². The second kappa shape index (κ2) is 7.20. The summed E-state index contributed by atoms with van der Waals surface area (Å²) in [5, 5.41) is 20.7. The molecule has 0 saturated carbocycles. The predicted octanol–water partition coefficient (Wildman–Crippen LogP) is 3.61. The maximum Gasteiger partial charge on any atom is 0.396 e. The van der Waals surface area contributed by atoms with Crippen LogP contribution in [0.5, 0.6) is 0 Å². The van der Waals surface area contributed by atoms with Crippen molar-refractivity contribution < 1.29 is 4.92 Å². The molecule has 0 aliphatic rings. The number of hydrogen-bond acceptors (Lipinski definition) is 8. The Labute approximate surface area is 179 Å². The van der Waals surface area contributed by atoms with Crippen LogP contribution >= 0.6 is 23.1 Å². The maximum atomic E-state index is 13.2. The molecule has 0 bridgehead atoms. The molecule has 4 aromatic heterocycles. The Morgan fingerprint density at radius 2 is 2.03 bits per heavy atom. The summed E-state index contributed by atoms with van der Waals surface area (Å²) >= 11 is 2.59. The van der Waals surface area contributed by atoms with Gasteiger partial charge in [-0.05, 0) is 39.6 Å². The molecular formula is C18H21N7O3S2. The first-order valence-electron chi connectivity index (χ1n) is 9.39. The number of imidazole rings is 1. The molecular weight excluding hydrogens is 426 g/mol. The molecule has 4 rings (SSSR count). The van der Waals surface area contributed by atoms with Gasteiger partial charge in [0.2, 0.25) is 17.3 Å². The van der Waals surface area contributed by atoms with Crippen molar-refractivity contribution in [1.82, 2.24) is 28.7 Å². The second-order valence-electron chi connectivity index (χ2n) is 7.99. The van der Waals surface area contributed by atoms with E-state index in [1.54, 1.807) is 16.2 Å². The highest BCUT2D eigenvalue weighted by Gasteiger charge is 2.27. The lowest BCUT2D eigenvalue weighted by atomic mass is 9.95. The molecule has 4 heterocycles. The fourth-order valence-electron chi connectivity index (χ4n) is 3.16. The zero-order chi connectivity index (χ0) is 21.8. The first kappa shape index (κ1) is 20.5. The summed E-state index contributed by atoms with van der Waals surface area (Å²) in [7, 11) is 1.69. The molecule has 0 aromatic carbocycles. The highest BCUT2D eigenvalue weighted by atomic mass is 32.2. The van der Waals surface area contributed by atoms with Gasteiger partial charge in [-0.2, -0.15) is 0 Å². The Bertz CT molecular complexity index is 1340. The van der Waals surface area contributed by atoms with E-state index in [2.05, 4.69) is 36.0 Å². The minimum Gasteiger partial charge on any atom is -0.358 e. The Hall–Kier alpha value is -2.73. The quantitative estimate of drug-likeness (QED) is 0.339. The van der Waals surface area contributed by atoms with Gasteiger partial charge < -0.3 is 14.7 Å². The molecule has 4 aromatic rings. The van der Waals surface area contributed by atoms with Crippen molar-refractivity contribution >= 4 is 44.9 Å². The molecule has 0 spiro atoms. The van der Waals surface area contributed by atoms with E-state index < -0.39 is 4.92 Å². The Kier molecular flexibility index (Phi) is 4.93. The lowest BCUT2D eigenvalue weighted by Crippen LogP contribution is -2.22. The summed E-state index contributed by atoms with van der Waals surface area (Å²) < 4.78 is 5.65. The van der Waals surface area contributed by atoms with Crippen LogP contribution in [0.1, 0.15) is 39.0 Å². The zero-order valence-corrected chi connectivity index (χ0v) is 18.9. The van der Waals surface area contributed by atoms with Crippen molar-refractivity contribution in [2.45, 2.75) is 56.3 Å². The van der Waals surface area contributed by atoms with Crippen LogP contribution in [0.4, 0.5) is 5.82 Å². The average Bonchev–Trinajstić information content (AvgIpc) is 3.36. The maximum absolute atomic E-state index is 13.2. The third-order valence-electron chi connectivity index (χ3n) is 4.66. The second-order valence-corrected chi connectivity index (χ2v) is 10.0. The zero-order valence-electron chi connectivity index (χ0n) is 17.2. The number of thiophene rings is 1. The molecule has 0 aliphatic carbocycles. The summed E-state index contributed by atoms with van der Waals surface area (Å²) in [6, 6.07) is 2.00. The molecule has 0 aliphatic heterocycles. The lowest BCUT2D eigenvalue weighted by Gasteiger charge is -2.14. The van der Waals surface area contributed by atoms with Gasteiger partial charge in [-0.1, -0.05) is 27.7 Å². The Morgan fingerprint density at radius 1 is 1.30 bits per heavy atom. The Balaban J connectivity index is 2.02. The van der Waals surface area contributed by atoms with Gasteiger partial charge in [0.05, 0.1) is 5.52 Å². The van der Waals surface area contributed by atoms with E-state index in [4.69, 9.17) is 0 Å². The number of nitro groups is 1. The topological polar surface area (TPSA) is 113 Å². The molecule has 30 heavy (non-hydrogen) atoms. The molecule has 0 amide bonds. The van der Waals surface area contributed by atoms with Crippen molar-refractivity contribution in [3.05, 3.63) is 37.7 Å². The molecule has 0 unspecified atom stereocenters. The molecule has 10 nitrogen and oxygen atoms in total. The molecule has 0 N–H and O–H groups in total. The predicted molar refractivity (Wildman–Crippen MR) is 116 cm³/mol. The number of nitrogens with zero attached hydrogens (tertiary/aromatic N) is 7. The van der Waals surface area contributed by atoms with E-state index in [0.717, 1.165) is 28.6 Å². The number of hydrogen-bond donors (Lipinski definition) is 0. The smallest absolute Gasteiger partial charge is 0.358 e.